The van der Waals surface area contributed by atoms with Crippen molar-refractivity contribution in [3.05, 3.63) is 58.5 Å². The van der Waals surface area contributed by atoms with Gasteiger partial charge in [0.2, 0.25) is 0 Å². The van der Waals surface area contributed by atoms with Crippen LogP contribution in [0.15, 0.2) is 47.4 Å². The van der Waals surface area contributed by atoms with Crippen molar-refractivity contribution in [1.29, 1.82) is 0 Å². The summed E-state index contributed by atoms with van der Waals surface area (Å²) < 4.78 is 3.62. The van der Waals surface area contributed by atoms with E-state index in [4.69, 9.17) is 0 Å². The molecule has 2 aromatic heterocycles. The lowest BCUT2D eigenvalue weighted by Gasteiger charge is -2.09. The van der Waals surface area contributed by atoms with Gasteiger partial charge in [-0.05, 0) is 37.6 Å². The van der Waals surface area contributed by atoms with Crippen molar-refractivity contribution in [2.45, 2.75) is 20.4 Å². The van der Waals surface area contributed by atoms with E-state index >= 15 is 0 Å². The van der Waals surface area contributed by atoms with Crippen molar-refractivity contribution in [2.75, 3.05) is 0 Å². The third-order valence-corrected chi connectivity index (χ3v) is 3.34. The molecule has 4 nitrogen and oxygen atoms in total. The molecule has 0 aliphatic rings. The molecule has 4 heteroatoms. The number of aromatic nitrogens is 3. The number of rotatable bonds is 2. The molecule has 0 aliphatic heterocycles. The molecule has 2 heterocycles. The first-order chi connectivity index (χ1) is 9.24. The average molecular weight is 253 g/mol. The van der Waals surface area contributed by atoms with Gasteiger partial charge in [0, 0.05) is 12.7 Å². The highest BCUT2D eigenvalue weighted by Crippen LogP contribution is 2.17. The molecule has 0 N–H and O–H groups in total. The van der Waals surface area contributed by atoms with Gasteiger partial charge in [-0.2, -0.15) is 4.68 Å². The minimum atomic E-state index is -0.00588. The van der Waals surface area contributed by atoms with Crippen LogP contribution in [0.2, 0.25) is 0 Å². The van der Waals surface area contributed by atoms with Gasteiger partial charge >= 0.3 is 0 Å². The predicted molar refractivity (Wildman–Crippen MR) is 75.7 cm³/mol. The summed E-state index contributed by atoms with van der Waals surface area (Å²) in [6.45, 7) is 4.71. The van der Waals surface area contributed by atoms with Crippen LogP contribution < -0.4 is 5.56 Å². The Hall–Kier alpha value is -2.36. The fourth-order valence-electron chi connectivity index (χ4n) is 2.49. The van der Waals surface area contributed by atoms with E-state index in [1.807, 2.05) is 54.9 Å². The summed E-state index contributed by atoms with van der Waals surface area (Å²) in [7, 11) is 0. The standard InChI is InChI=1S/C15H15N3O/c1-3-17-12-8-6-7-11(2)14(12)15(19)18(17)13-9-4-5-10-16-13/h4-10H,3H2,1-2H3. The lowest BCUT2D eigenvalue weighted by atomic mass is 10.1. The third kappa shape index (κ3) is 1.68. The molecule has 1 aromatic carbocycles. The molecular weight excluding hydrogens is 238 g/mol. The Morgan fingerprint density at radius 3 is 2.68 bits per heavy atom. The molecular formula is C15H15N3O. The summed E-state index contributed by atoms with van der Waals surface area (Å²) in [5.74, 6) is 0.657. The highest BCUT2D eigenvalue weighted by molar-refractivity contribution is 5.82. The van der Waals surface area contributed by atoms with E-state index in [1.54, 1.807) is 10.9 Å². The van der Waals surface area contributed by atoms with Crippen molar-refractivity contribution < 1.29 is 0 Å². The Balaban J connectivity index is 2.46. The Kier molecular flexibility index (Phi) is 2.71. The molecule has 96 valence electrons. The molecule has 0 aliphatic carbocycles. The van der Waals surface area contributed by atoms with Gasteiger partial charge in [-0.1, -0.05) is 18.2 Å². The SMILES string of the molecule is CCn1c2cccc(C)c2c(=O)n1-c1ccccn1. The quantitative estimate of drug-likeness (QED) is 0.704. The van der Waals surface area contributed by atoms with Gasteiger partial charge in [0.25, 0.3) is 5.56 Å². The van der Waals surface area contributed by atoms with Crippen LogP contribution in [0.4, 0.5) is 0 Å². The van der Waals surface area contributed by atoms with Crippen molar-refractivity contribution in [1.82, 2.24) is 14.3 Å². The van der Waals surface area contributed by atoms with Crippen LogP contribution in [0.25, 0.3) is 16.7 Å². The lowest BCUT2D eigenvalue weighted by Crippen LogP contribution is -2.21. The first-order valence-electron chi connectivity index (χ1n) is 6.36. The molecule has 0 saturated carbocycles. The molecule has 0 saturated heterocycles. The topological polar surface area (TPSA) is 39.8 Å². The second-order valence-corrected chi connectivity index (χ2v) is 4.49. The van der Waals surface area contributed by atoms with Crippen LogP contribution in [0, 0.1) is 6.92 Å². The summed E-state index contributed by atoms with van der Waals surface area (Å²) >= 11 is 0. The van der Waals surface area contributed by atoms with Gasteiger partial charge in [-0.25, -0.2) is 4.98 Å². The Labute approximate surface area is 110 Å². The number of benzene rings is 1. The third-order valence-electron chi connectivity index (χ3n) is 3.34. The summed E-state index contributed by atoms with van der Waals surface area (Å²) in [4.78, 5) is 16.9. The molecule has 0 atom stereocenters. The van der Waals surface area contributed by atoms with E-state index in [-0.39, 0.29) is 5.56 Å². The van der Waals surface area contributed by atoms with Crippen molar-refractivity contribution in [3.8, 4) is 5.82 Å². The maximum atomic E-state index is 12.6. The van der Waals surface area contributed by atoms with Crippen molar-refractivity contribution >= 4 is 10.9 Å². The molecule has 3 rings (SSSR count). The smallest absolute Gasteiger partial charge is 0.276 e. The van der Waals surface area contributed by atoms with E-state index in [2.05, 4.69) is 4.98 Å². The Bertz CT molecular complexity index is 784. The van der Waals surface area contributed by atoms with Gasteiger partial charge in [-0.15, -0.1) is 0 Å². The Morgan fingerprint density at radius 1 is 1.16 bits per heavy atom. The first-order valence-corrected chi connectivity index (χ1v) is 6.36. The largest absolute Gasteiger partial charge is 0.280 e. The number of nitrogens with zero attached hydrogens (tertiary/aromatic N) is 3. The Morgan fingerprint density at radius 2 is 2.00 bits per heavy atom. The monoisotopic (exact) mass is 253 g/mol. The molecule has 0 spiro atoms. The summed E-state index contributed by atoms with van der Waals surface area (Å²) in [6, 6.07) is 11.5. The van der Waals surface area contributed by atoms with Crippen LogP contribution in [0.1, 0.15) is 12.5 Å². The second kappa shape index (κ2) is 4.39. The van der Waals surface area contributed by atoms with Crippen molar-refractivity contribution in [3.63, 3.8) is 0 Å². The molecule has 0 radical (unpaired) electrons. The van der Waals surface area contributed by atoms with E-state index in [0.717, 1.165) is 23.0 Å². The van der Waals surface area contributed by atoms with Crippen LogP contribution in [-0.4, -0.2) is 14.3 Å². The van der Waals surface area contributed by atoms with Gasteiger partial charge < -0.3 is 0 Å². The van der Waals surface area contributed by atoms with Crippen LogP contribution in [0.3, 0.4) is 0 Å². The lowest BCUT2D eigenvalue weighted by molar-refractivity contribution is 0.584. The number of pyridine rings is 1. The van der Waals surface area contributed by atoms with Gasteiger partial charge in [0.05, 0.1) is 10.9 Å². The predicted octanol–water partition coefficient (Wildman–Crippen LogP) is 2.52. The normalized spacial score (nSPS) is 11.1. The zero-order valence-corrected chi connectivity index (χ0v) is 11.0. The maximum Gasteiger partial charge on any atom is 0.280 e. The highest BCUT2D eigenvalue weighted by Gasteiger charge is 2.15. The fourth-order valence-corrected chi connectivity index (χ4v) is 2.49. The number of hydrogen-bond acceptors (Lipinski definition) is 2. The molecule has 0 bridgehead atoms. The zero-order valence-electron chi connectivity index (χ0n) is 11.0. The van der Waals surface area contributed by atoms with Crippen LogP contribution >= 0.6 is 0 Å². The first kappa shape index (κ1) is 11.7. The number of aryl methyl sites for hydroxylation is 2. The molecule has 0 fully saturated rings. The fraction of sp³-hybridized carbons (Fsp3) is 0.200. The maximum absolute atomic E-state index is 12.6. The van der Waals surface area contributed by atoms with E-state index in [0.29, 0.717) is 5.82 Å². The summed E-state index contributed by atoms with van der Waals surface area (Å²) in [5.41, 5.74) is 1.95. The number of hydrogen-bond donors (Lipinski definition) is 0. The van der Waals surface area contributed by atoms with Crippen molar-refractivity contribution in [2.24, 2.45) is 0 Å². The van der Waals surface area contributed by atoms with E-state index in [1.165, 1.54) is 0 Å². The molecule has 0 unspecified atom stereocenters. The minimum absolute atomic E-state index is 0.00588. The zero-order chi connectivity index (χ0) is 13.4. The van der Waals surface area contributed by atoms with Gasteiger partial charge in [0.1, 0.15) is 0 Å². The number of fused-ring (bicyclic) bond motifs is 1. The van der Waals surface area contributed by atoms with E-state index < -0.39 is 0 Å². The summed E-state index contributed by atoms with van der Waals surface area (Å²) in [5, 5.41) is 0.773. The molecule has 19 heavy (non-hydrogen) atoms. The molecule has 0 amide bonds. The highest BCUT2D eigenvalue weighted by atomic mass is 16.1. The minimum Gasteiger partial charge on any atom is -0.276 e. The van der Waals surface area contributed by atoms with Crippen LogP contribution in [-0.2, 0) is 6.54 Å². The summed E-state index contributed by atoms with van der Waals surface area (Å²) in [6.07, 6.45) is 1.70. The second-order valence-electron chi connectivity index (χ2n) is 4.49. The van der Waals surface area contributed by atoms with Gasteiger partial charge in [-0.3, -0.25) is 9.48 Å². The van der Waals surface area contributed by atoms with E-state index in [9.17, 15) is 4.79 Å². The molecule has 3 aromatic rings. The van der Waals surface area contributed by atoms with Gasteiger partial charge in [0.15, 0.2) is 5.82 Å². The average Bonchev–Trinajstić information content (AvgIpc) is 2.73. The van der Waals surface area contributed by atoms with Crippen LogP contribution in [0.5, 0.6) is 0 Å².